The van der Waals surface area contributed by atoms with Crippen LogP contribution in [0.1, 0.15) is 40.2 Å². The molecule has 2 rings (SSSR count). The molecule has 1 heterocycles. The average molecular weight is 361 g/mol. The standard InChI is InChI=1S/C15H19BrClNO2/c1-14(2,3)20-13(19)18-8-15(4,5)9-6-10(16)11(17)7-12(9)18/h6-7H,8H2,1-5H3. The third-order valence-corrected chi connectivity index (χ3v) is 4.42. The SMILES string of the molecule is CC(C)(C)OC(=O)N1CC(C)(C)c2cc(Br)c(Cl)cc21. The number of benzene rings is 1. The highest BCUT2D eigenvalue weighted by Gasteiger charge is 2.40. The monoisotopic (exact) mass is 359 g/mol. The number of carbonyl (C=O) groups is 1. The van der Waals surface area contributed by atoms with Crippen LogP contribution in [0.4, 0.5) is 10.5 Å². The summed E-state index contributed by atoms with van der Waals surface area (Å²) in [7, 11) is 0. The predicted molar refractivity (Wildman–Crippen MR) is 85.8 cm³/mol. The van der Waals surface area contributed by atoms with Gasteiger partial charge in [0.15, 0.2) is 0 Å². The van der Waals surface area contributed by atoms with Gasteiger partial charge in [0.2, 0.25) is 0 Å². The Morgan fingerprint density at radius 1 is 1.40 bits per heavy atom. The van der Waals surface area contributed by atoms with Gasteiger partial charge in [0, 0.05) is 16.4 Å². The van der Waals surface area contributed by atoms with Crippen molar-refractivity contribution in [1.29, 1.82) is 0 Å². The molecule has 1 aliphatic rings. The maximum atomic E-state index is 12.4. The molecule has 0 aromatic heterocycles. The number of amides is 1. The Morgan fingerprint density at radius 3 is 2.55 bits per heavy atom. The Morgan fingerprint density at radius 2 is 2.00 bits per heavy atom. The minimum absolute atomic E-state index is 0.126. The number of fused-ring (bicyclic) bond motifs is 1. The second-order valence-corrected chi connectivity index (χ2v) is 8.00. The quantitative estimate of drug-likeness (QED) is 0.641. The fourth-order valence-electron chi connectivity index (χ4n) is 2.35. The van der Waals surface area contributed by atoms with E-state index in [-0.39, 0.29) is 11.5 Å². The summed E-state index contributed by atoms with van der Waals surface area (Å²) < 4.78 is 6.32. The first-order chi connectivity index (χ1) is 9.01. The van der Waals surface area contributed by atoms with Gasteiger partial charge in [0.1, 0.15) is 5.60 Å². The van der Waals surface area contributed by atoms with Crippen LogP contribution < -0.4 is 4.90 Å². The molecule has 0 saturated heterocycles. The molecule has 0 atom stereocenters. The Labute approximate surface area is 133 Å². The normalized spacial score (nSPS) is 17.1. The van der Waals surface area contributed by atoms with Gasteiger partial charge in [-0.1, -0.05) is 25.4 Å². The molecular weight excluding hydrogens is 342 g/mol. The van der Waals surface area contributed by atoms with E-state index >= 15 is 0 Å². The molecule has 1 aliphatic heterocycles. The minimum atomic E-state index is -0.511. The van der Waals surface area contributed by atoms with Crippen LogP contribution in [0.2, 0.25) is 5.02 Å². The van der Waals surface area contributed by atoms with Crippen molar-refractivity contribution < 1.29 is 9.53 Å². The molecule has 20 heavy (non-hydrogen) atoms. The van der Waals surface area contributed by atoms with Crippen LogP contribution in [0.5, 0.6) is 0 Å². The van der Waals surface area contributed by atoms with Crippen molar-refractivity contribution >= 4 is 39.3 Å². The van der Waals surface area contributed by atoms with Gasteiger partial charge in [-0.3, -0.25) is 4.90 Å². The van der Waals surface area contributed by atoms with Gasteiger partial charge in [-0.05, 0) is 54.4 Å². The molecule has 1 amide bonds. The van der Waals surface area contributed by atoms with Gasteiger partial charge in [0.25, 0.3) is 0 Å². The number of carbonyl (C=O) groups excluding carboxylic acids is 1. The highest BCUT2D eigenvalue weighted by Crippen LogP contribution is 2.44. The van der Waals surface area contributed by atoms with Crippen LogP contribution in [-0.4, -0.2) is 18.2 Å². The number of anilines is 1. The molecule has 0 saturated carbocycles. The summed E-state index contributed by atoms with van der Waals surface area (Å²) in [4.78, 5) is 14.0. The zero-order valence-electron chi connectivity index (χ0n) is 12.4. The van der Waals surface area contributed by atoms with E-state index in [9.17, 15) is 4.79 Å². The Kier molecular flexibility index (Phi) is 3.85. The van der Waals surface area contributed by atoms with E-state index in [2.05, 4.69) is 29.8 Å². The van der Waals surface area contributed by atoms with Gasteiger partial charge in [-0.15, -0.1) is 0 Å². The molecule has 1 aromatic rings. The lowest BCUT2D eigenvalue weighted by molar-refractivity contribution is 0.0579. The molecule has 0 aliphatic carbocycles. The van der Waals surface area contributed by atoms with E-state index in [4.69, 9.17) is 16.3 Å². The highest BCUT2D eigenvalue weighted by molar-refractivity contribution is 9.10. The fourth-order valence-corrected chi connectivity index (χ4v) is 2.85. The lowest BCUT2D eigenvalue weighted by atomic mass is 9.87. The lowest BCUT2D eigenvalue weighted by Crippen LogP contribution is -2.38. The molecule has 0 fully saturated rings. The summed E-state index contributed by atoms with van der Waals surface area (Å²) >= 11 is 9.60. The van der Waals surface area contributed by atoms with Crippen LogP contribution in [0.3, 0.4) is 0 Å². The highest BCUT2D eigenvalue weighted by atomic mass is 79.9. The van der Waals surface area contributed by atoms with Crippen molar-refractivity contribution in [2.75, 3.05) is 11.4 Å². The second-order valence-electron chi connectivity index (χ2n) is 6.73. The fraction of sp³-hybridized carbons (Fsp3) is 0.533. The maximum absolute atomic E-state index is 12.4. The molecule has 110 valence electrons. The van der Waals surface area contributed by atoms with Crippen LogP contribution >= 0.6 is 27.5 Å². The van der Waals surface area contributed by atoms with Crippen molar-refractivity contribution in [3.63, 3.8) is 0 Å². The largest absolute Gasteiger partial charge is 0.443 e. The summed E-state index contributed by atoms with van der Waals surface area (Å²) in [5.74, 6) is 0. The zero-order chi connectivity index (χ0) is 15.3. The van der Waals surface area contributed by atoms with Gasteiger partial charge in [-0.2, -0.15) is 0 Å². The van der Waals surface area contributed by atoms with Crippen molar-refractivity contribution in [3.8, 4) is 0 Å². The third kappa shape index (κ3) is 2.96. The smallest absolute Gasteiger partial charge is 0.414 e. The minimum Gasteiger partial charge on any atom is -0.443 e. The molecule has 0 spiro atoms. The number of halogens is 2. The third-order valence-electron chi connectivity index (χ3n) is 3.23. The lowest BCUT2D eigenvalue weighted by Gasteiger charge is -2.26. The number of rotatable bonds is 0. The van der Waals surface area contributed by atoms with Crippen molar-refractivity contribution in [3.05, 3.63) is 27.2 Å². The summed E-state index contributed by atoms with van der Waals surface area (Å²) in [5.41, 5.74) is 1.29. The number of ether oxygens (including phenoxy) is 1. The molecule has 0 N–H and O–H groups in total. The van der Waals surface area contributed by atoms with Crippen molar-refractivity contribution in [1.82, 2.24) is 0 Å². The Balaban J connectivity index is 2.42. The molecule has 5 heteroatoms. The van der Waals surface area contributed by atoms with Gasteiger partial charge in [0.05, 0.1) is 10.7 Å². The predicted octanol–water partition coefficient (Wildman–Crippen LogP) is 5.14. The Hall–Kier alpha value is -0.740. The molecule has 0 bridgehead atoms. The van der Waals surface area contributed by atoms with E-state index in [1.54, 1.807) is 4.90 Å². The average Bonchev–Trinajstić information content (AvgIpc) is 2.50. The van der Waals surface area contributed by atoms with Crippen molar-refractivity contribution in [2.24, 2.45) is 0 Å². The van der Waals surface area contributed by atoms with E-state index in [1.165, 1.54) is 0 Å². The summed E-state index contributed by atoms with van der Waals surface area (Å²) in [6.07, 6.45) is -0.331. The van der Waals surface area contributed by atoms with E-state index < -0.39 is 5.60 Å². The van der Waals surface area contributed by atoms with E-state index in [1.807, 2.05) is 32.9 Å². The number of nitrogens with zero attached hydrogens (tertiary/aromatic N) is 1. The van der Waals surface area contributed by atoms with Crippen LogP contribution in [0.15, 0.2) is 16.6 Å². The maximum Gasteiger partial charge on any atom is 0.414 e. The van der Waals surface area contributed by atoms with E-state index in [0.717, 1.165) is 15.7 Å². The van der Waals surface area contributed by atoms with Crippen molar-refractivity contribution in [2.45, 2.75) is 45.6 Å². The molecule has 3 nitrogen and oxygen atoms in total. The molecule has 0 unspecified atom stereocenters. The molecule has 0 radical (unpaired) electrons. The zero-order valence-corrected chi connectivity index (χ0v) is 14.7. The first kappa shape index (κ1) is 15.6. The van der Waals surface area contributed by atoms with Gasteiger partial charge >= 0.3 is 6.09 Å². The van der Waals surface area contributed by atoms with Gasteiger partial charge in [-0.25, -0.2) is 4.79 Å². The first-order valence-corrected chi connectivity index (χ1v) is 7.68. The second kappa shape index (κ2) is 4.92. The van der Waals surface area contributed by atoms with Crippen LogP contribution in [-0.2, 0) is 10.2 Å². The summed E-state index contributed by atoms with van der Waals surface area (Å²) in [6, 6.07) is 3.81. The molecule has 1 aromatic carbocycles. The number of hydrogen-bond acceptors (Lipinski definition) is 2. The first-order valence-electron chi connectivity index (χ1n) is 6.51. The summed E-state index contributed by atoms with van der Waals surface area (Å²) in [6.45, 7) is 10.4. The van der Waals surface area contributed by atoms with Gasteiger partial charge < -0.3 is 4.74 Å². The summed E-state index contributed by atoms with van der Waals surface area (Å²) in [5, 5.41) is 0.593. The topological polar surface area (TPSA) is 29.5 Å². The number of hydrogen-bond donors (Lipinski definition) is 0. The van der Waals surface area contributed by atoms with Crippen LogP contribution in [0, 0.1) is 0 Å². The molecular formula is C15H19BrClNO2. The Bertz CT molecular complexity index is 564. The van der Waals surface area contributed by atoms with Crippen LogP contribution in [0.25, 0.3) is 0 Å². The van der Waals surface area contributed by atoms with E-state index in [0.29, 0.717) is 11.6 Å².